The number of hydrogen-bond donors (Lipinski definition) is 6. The molecule has 2 rings (SSSR count). The molecule has 0 saturated carbocycles. The van der Waals surface area contributed by atoms with Crippen LogP contribution in [0.2, 0.25) is 0 Å². The molecule has 0 aromatic heterocycles. The van der Waals surface area contributed by atoms with Crippen LogP contribution in [0.25, 0.3) is 0 Å². The van der Waals surface area contributed by atoms with E-state index in [-0.39, 0.29) is 24.2 Å². The Hall–Kier alpha value is -3.47. The molecule has 7 N–H and O–H groups in total. The average Bonchev–Trinajstić information content (AvgIpc) is 2.94. The number of hydrogen-bond acceptors (Lipinski definition) is 6. The van der Waals surface area contributed by atoms with Crippen LogP contribution < -0.4 is 32.3 Å². The summed E-state index contributed by atoms with van der Waals surface area (Å²) in [4.78, 5) is 68.4. The Bertz CT molecular complexity index is 1090. The Morgan fingerprint density at radius 1 is 0.545 bits per heavy atom. The molecule has 1 aromatic carbocycles. The Labute approximate surface area is 262 Å². The highest BCUT2D eigenvalue weighted by Crippen LogP contribution is 2.13. The van der Waals surface area contributed by atoms with Gasteiger partial charge in [0.1, 0.15) is 30.2 Å². The zero-order chi connectivity index (χ0) is 32.8. The molecule has 11 nitrogen and oxygen atoms in total. The number of carbonyl (C=O) groups is 5. The second-order valence-electron chi connectivity index (χ2n) is 13.2. The van der Waals surface area contributed by atoms with Gasteiger partial charge in [0.05, 0.1) is 0 Å². The van der Waals surface area contributed by atoms with Crippen LogP contribution in [-0.4, -0.2) is 66.3 Å². The summed E-state index contributed by atoms with van der Waals surface area (Å²) in [6.07, 6.45) is 2.75. The normalized spacial score (nSPS) is 24.2. The first-order chi connectivity index (χ1) is 20.8. The molecule has 0 spiro atoms. The van der Waals surface area contributed by atoms with E-state index in [0.29, 0.717) is 45.1 Å². The first-order valence-corrected chi connectivity index (χ1v) is 16.1. The zero-order valence-corrected chi connectivity index (χ0v) is 27.3. The summed E-state index contributed by atoms with van der Waals surface area (Å²) >= 11 is 0. The van der Waals surface area contributed by atoms with Crippen LogP contribution in [0.4, 0.5) is 0 Å². The van der Waals surface area contributed by atoms with E-state index >= 15 is 0 Å². The van der Waals surface area contributed by atoms with Gasteiger partial charge in [-0.25, -0.2) is 0 Å². The third-order valence-electron chi connectivity index (χ3n) is 7.52. The fourth-order valence-corrected chi connectivity index (χ4v) is 5.29. The minimum absolute atomic E-state index is 0.0486. The van der Waals surface area contributed by atoms with Gasteiger partial charge in [-0.2, -0.15) is 0 Å². The number of rotatable bonds is 12. The van der Waals surface area contributed by atoms with Crippen molar-refractivity contribution in [1.29, 1.82) is 0 Å². The topological polar surface area (TPSA) is 172 Å². The highest BCUT2D eigenvalue weighted by molar-refractivity contribution is 5.98. The first kappa shape index (κ1) is 36.7. The monoisotopic (exact) mass is 614 g/mol. The van der Waals surface area contributed by atoms with Crippen LogP contribution in [0, 0.1) is 17.8 Å². The summed E-state index contributed by atoms with van der Waals surface area (Å²) in [7, 11) is 0. The van der Waals surface area contributed by atoms with Crippen molar-refractivity contribution in [3.63, 3.8) is 0 Å². The van der Waals surface area contributed by atoms with Gasteiger partial charge in [0.25, 0.3) is 0 Å². The predicted octanol–water partition coefficient (Wildman–Crippen LogP) is 1.93. The minimum Gasteiger partial charge on any atom is -0.343 e. The molecule has 44 heavy (non-hydrogen) atoms. The Morgan fingerprint density at radius 3 is 1.32 bits per heavy atom. The van der Waals surface area contributed by atoms with Crippen molar-refractivity contribution in [2.75, 3.05) is 6.54 Å². The lowest BCUT2D eigenvalue weighted by molar-refractivity contribution is -0.134. The van der Waals surface area contributed by atoms with Crippen LogP contribution in [0.5, 0.6) is 0 Å². The van der Waals surface area contributed by atoms with Crippen LogP contribution in [0.1, 0.15) is 85.6 Å². The Kier molecular flexibility index (Phi) is 15.3. The summed E-state index contributed by atoms with van der Waals surface area (Å²) in [6.45, 7) is 12.1. The second-order valence-corrected chi connectivity index (χ2v) is 13.2. The van der Waals surface area contributed by atoms with Crippen molar-refractivity contribution in [3.8, 4) is 0 Å². The standard InChI is InChI=1S/C33H54N6O5/c1-20(2)16-25-30(41)35-24(14-10-11-15-34)29(40)36-26(17-21(3)4)32(43)39-28(19-23-12-8-7-9-13-23)33(44)38-27(18-22(5)6)31(42)37-25/h7-9,12-13,20-22,24-28H,10-11,14-19,34H2,1-6H3,(H,35,41)(H,36,40)(H,37,42)(H,38,44)(H,39,43)/t24-,25+,26+,27+,28-/m1/s1. The SMILES string of the molecule is CC(C)C[C@@H]1NC(=O)[C@H](CC(C)C)NC(=O)[C@@H](Cc2ccccc2)NC(=O)[C@H](CC(C)C)NC(=O)[C@@H](CCCCN)NC1=O. The lowest BCUT2D eigenvalue weighted by Crippen LogP contribution is -2.58. The van der Waals surface area contributed by atoms with E-state index in [1.165, 1.54) is 0 Å². The molecule has 5 amide bonds. The number of carbonyl (C=O) groups excluding carboxylic acids is 5. The highest BCUT2D eigenvalue weighted by Gasteiger charge is 2.35. The van der Waals surface area contributed by atoms with Gasteiger partial charge in [-0.1, -0.05) is 71.9 Å². The largest absolute Gasteiger partial charge is 0.343 e. The summed E-state index contributed by atoms with van der Waals surface area (Å²) < 4.78 is 0. The minimum atomic E-state index is -1.00. The van der Waals surface area contributed by atoms with Gasteiger partial charge in [0.2, 0.25) is 29.5 Å². The number of unbranched alkanes of at least 4 members (excludes halogenated alkanes) is 1. The predicted molar refractivity (Wildman–Crippen MR) is 171 cm³/mol. The summed E-state index contributed by atoms with van der Waals surface area (Å²) in [5, 5.41) is 14.3. The zero-order valence-electron chi connectivity index (χ0n) is 27.3. The third kappa shape index (κ3) is 12.6. The lowest BCUT2D eigenvalue weighted by atomic mass is 9.98. The highest BCUT2D eigenvalue weighted by atomic mass is 16.2. The van der Waals surface area contributed by atoms with E-state index in [4.69, 9.17) is 5.73 Å². The van der Waals surface area contributed by atoms with Crippen molar-refractivity contribution in [1.82, 2.24) is 26.6 Å². The first-order valence-electron chi connectivity index (χ1n) is 16.1. The van der Waals surface area contributed by atoms with Gasteiger partial charge in [0, 0.05) is 6.42 Å². The molecule has 0 unspecified atom stereocenters. The maximum atomic E-state index is 13.8. The van der Waals surface area contributed by atoms with Gasteiger partial charge < -0.3 is 32.3 Å². The molecular weight excluding hydrogens is 560 g/mol. The van der Waals surface area contributed by atoms with Crippen LogP contribution >= 0.6 is 0 Å². The van der Waals surface area contributed by atoms with Crippen molar-refractivity contribution in [2.45, 2.75) is 117 Å². The molecule has 246 valence electrons. The average molecular weight is 615 g/mol. The van der Waals surface area contributed by atoms with Crippen LogP contribution in [0.3, 0.4) is 0 Å². The van der Waals surface area contributed by atoms with Crippen LogP contribution in [-0.2, 0) is 30.4 Å². The van der Waals surface area contributed by atoms with Crippen molar-refractivity contribution in [3.05, 3.63) is 35.9 Å². The second kappa shape index (κ2) is 18.4. The maximum absolute atomic E-state index is 13.8. The quantitative estimate of drug-likeness (QED) is 0.196. The fraction of sp³-hybridized carbons (Fsp3) is 0.667. The molecule has 1 aromatic rings. The van der Waals surface area contributed by atoms with Gasteiger partial charge in [-0.15, -0.1) is 0 Å². The molecular formula is C33H54N6O5. The van der Waals surface area contributed by atoms with E-state index in [1.54, 1.807) is 0 Å². The molecule has 1 aliphatic heterocycles. The third-order valence-corrected chi connectivity index (χ3v) is 7.52. The van der Waals surface area contributed by atoms with E-state index < -0.39 is 59.7 Å². The molecule has 1 fully saturated rings. The van der Waals surface area contributed by atoms with Crippen LogP contribution in [0.15, 0.2) is 30.3 Å². The van der Waals surface area contributed by atoms with E-state index in [0.717, 1.165) is 5.56 Å². The molecule has 1 saturated heterocycles. The smallest absolute Gasteiger partial charge is 0.243 e. The number of nitrogens with one attached hydrogen (secondary N) is 5. The number of nitrogens with two attached hydrogens (primary N) is 1. The molecule has 1 heterocycles. The Balaban J connectivity index is 2.58. The van der Waals surface area contributed by atoms with E-state index in [2.05, 4.69) is 26.6 Å². The lowest BCUT2D eigenvalue weighted by Gasteiger charge is -2.27. The molecule has 5 atom stereocenters. The number of benzene rings is 1. The molecule has 0 radical (unpaired) electrons. The molecule has 0 aliphatic carbocycles. The van der Waals surface area contributed by atoms with Gasteiger partial charge in [0.15, 0.2) is 0 Å². The number of amides is 5. The fourth-order valence-electron chi connectivity index (χ4n) is 5.29. The summed E-state index contributed by atoms with van der Waals surface area (Å²) in [5.41, 5.74) is 6.51. The van der Waals surface area contributed by atoms with E-state index in [1.807, 2.05) is 71.9 Å². The summed E-state index contributed by atoms with van der Waals surface area (Å²) in [5.74, 6) is -2.34. The molecule has 11 heteroatoms. The summed E-state index contributed by atoms with van der Waals surface area (Å²) in [6, 6.07) is 4.56. The Morgan fingerprint density at radius 2 is 0.909 bits per heavy atom. The van der Waals surface area contributed by atoms with Crippen molar-refractivity contribution < 1.29 is 24.0 Å². The molecule has 0 bridgehead atoms. The molecule has 1 aliphatic rings. The van der Waals surface area contributed by atoms with Crippen molar-refractivity contribution in [2.24, 2.45) is 23.5 Å². The van der Waals surface area contributed by atoms with Gasteiger partial charge in [-0.05, 0) is 68.4 Å². The van der Waals surface area contributed by atoms with Gasteiger partial charge >= 0.3 is 0 Å². The van der Waals surface area contributed by atoms with E-state index in [9.17, 15) is 24.0 Å². The van der Waals surface area contributed by atoms with Crippen molar-refractivity contribution >= 4 is 29.5 Å². The van der Waals surface area contributed by atoms with Gasteiger partial charge in [-0.3, -0.25) is 24.0 Å². The maximum Gasteiger partial charge on any atom is 0.243 e.